The van der Waals surface area contributed by atoms with E-state index in [2.05, 4.69) is 116 Å². The van der Waals surface area contributed by atoms with Crippen molar-refractivity contribution in [1.29, 1.82) is 0 Å². The van der Waals surface area contributed by atoms with Crippen molar-refractivity contribution in [1.82, 2.24) is 5.32 Å². The van der Waals surface area contributed by atoms with Crippen LogP contribution in [0.2, 0.25) is 0 Å². The third-order valence-electron chi connectivity index (χ3n) is 12.7. The summed E-state index contributed by atoms with van der Waals surface area (Å²) in [7, 11) is 0. The van der Waals surface area contributed by atoms with Crippen molar-refractivity contribution in [2.75, 3.05) is 13.2 Å². The Morgan fingerprint density at radius 1 is 0.507 bits per heavy atom. The lowest BCUT2D eigenvalue weighted by Crippen LogP contribution is -2.60. The van der Waals surface area contributed by atoms with Crippen LogP contribution in [0, 0.1) is 0 Å². The summed E-state index contributed by atoms with van der Waals surface area (Å²) < 4.78 is 11.3. The van der Waals surface area contributed by atoms with Crippen LogP contribution < -0.4 is 5.32 Å². The number of carbonyl (C=O) groups is 1. The van der Waals surface area contributed by atoms with E-state index in [9.17, 15) is 30.3 Å². The van der Waals surface area contributed by atoms with Crippen molar-refractivity contribution in [3.05, 3.63) is 97.2 Å². The monoisotopic (exact) mass is 966 g/mol. The minimum Gasteiger partial charge on any atom is -0.394 e. The van der Waals surface area contributed by atoms with Gasteiger partial charge in [0.05, 0.1) is 25.4 Å². The number of aliphatic hydroxyl groups is 5. The van der Waals surface area contributed by atoms with Crippen molar-refractivity contribution in [2.24, 2.45) is 0 Å². The van der Waals surface area contributed by atoms with E-state index >= 15 is 0 Å². The molecule has 9 nitrogen and oxygen atoms in total. The van der Waals surface area contributed by atoms with Crippen LogP contribution in [0.3, 0.4) is 0 Å². The summed E-state index contributed by atoms with van der Waals surface area (Å²) in [6.07, 6.45) is 62.8. The van der Waals surface area contributed by atoms with Gasteiger partial charge in [0.2, 0.25) is 5.91 Å². The molecule has 0 spiro atoms. The average molecular weight is 966 g/mol. The lowest BCUT2D eigenvalue weighted by atomic mass is 9.99. The highest BCUT2D eigenvalue weighted by atomic mass is 16.7. The Morgan fingerprint density at radius 2 is 0.899 bits per heavy atom. The van der Waals surface area contributed by atoms with Crippen LogP contribution in [0.15, 0.2) is 97.2 Å². The van der Waals surface area contributed by atoms with Gasteiger partial charge in [-0.1, -0.05) is 233 Å². The van der Waals surface area contributed by atoms with E-state index < -0.39 is 49.5 Å². The van der Waals surface area contributed by atoms with E-state index in [-0.39, 0.29) is 12.5 Å². The first-order chi connectivity index (χ1) is 33.8. The molecule has 396 valence electrons. The molecule has 0 saturated carbocycles. The number of amides is 1. The third-order valence-corrected chi connectivity index (χ3v) is 12.7. The van der Waals surface area contributed by atoms with Crippen LogP contribution in [0.1, 0.15) is 219 Å². The predicted molar refractivity (Wildman–Crippen MR) is 290 cm³/mol. The molecule has 1 aliphatic rings. The maximum absolute atomic E-state index is 13.0. The van der Waals surface area contributed by atoms with Crippen molar-refractivity contribution in [3.63, 3.8) is 0 Å². The van der Waals surface area contributed by atoms with Gasteiger partial charge in [-0.15, -0.1) is 0 Å². The SMILES string of the molecule is CC/C=C\C/C=C\C/C=C\C/C=C\C/C=C\C/C=C\C/C=C\C/C=C\CCCCCCCCCCC(=O)NC(COC1OC(CO)C(O)C(O)C1O)C(O)CCCCCCCCCCCCCCC. The number of carbonyl (C=O) groups excluding carboxylic acids is 1. The van der Waals surface area contributed by atoms with Crippen LogP contribution in [0.5, 0.6) is 0 Å². The largest absolute Gasteiger partial charge is 0.394 e. The smallest absolute Gasteiger partial charge is 0.220 e. The first-order valence-electron chi connectivity index (χ1n) is 27.9. The first kappa shape index (κ1) is 64.1. The van der Waals surface area contributed by atoms with Gasteiger partial charge in [0, 0.05) is 6.42 Å². The Bertz CT molecular complexity index is 1400. The molecule has 0 radical (unpaired) electrons. The molecule has 7 atom stereocenters. The van der Waals surface area contributed by atoms with Gasteiger partial charge in [-0.05, 0) is 77.0 Å². The zero-order valence-electron chi connectivity index (χ0n) is 43.8. The number of hydrogen-bond acceptors (Lipinski definition) is 8. The molecule has 1 rings (SSSR count). The number of allylic oxidation sites excluding steroid dienone is 16. The van der Waals surface area contributed by atoms with Gasteiger partial charge < -0.3 is 40.3 Å². The predicted octanol–water partition coefficient (Wildman–Crippen LogP) is 13.6. The minimum atomic E-state index is -1.56. The van der Waals surface area contributed by atoms with Crippen LogP contribution in [-0.4, -0.2) is 87.5 Å². The molecular formula is C60H103NO8. The van der Waals surface area contributed by atoms with Gasteiger partial charge in [0.15, 0.2) is 6.29 Å². The Morgan fingerprint density at radius 3 is 1.33 bits per heavy atom. The van der Waals surface area contributed by atoms with Crippen LogP contribution in [-0.2, 0) is 14.3 Å². The summed E-state index contributed by atoms with van der Waals surface area (Å²) in [6, 6.07) is -0.729. The molecule has 1 aliphatic heterocycles. The normalized spacial score (nSPS) is 20.2. The highest BCUT2D eigenvalue weighted by molar-refractivity contribution is 5.76. The summed E-state index contributed by atoms with van der Waals surface area (Å²) in [5.74, 6) is -0.157. The van der Waals surface area contributed by atoms with Gasteiger partial charge in [0.1, 0.15) is 24.4 Å². The van der Waals surface area contributed by atoms with Gasteiger partial charge in [0.25, 0.3) is 0 Å². The highest BCUT2D eigenvalue weighted by Gasteiger charge is 2.44. The third kappa shape index (κ3) is 38.5. The Labute approximate surface area is 422 Å². The molecule has 0 aromatic carbocycles. The van der Waals surface area contributed by atoms with Crippen molar-refractivity contribution >= 4 is 5.91 Å². The first-order valence-corrected chi connectivity index (χ1v) is 27.9. The van der Waals surface area contributed by atoms with Gasteiger partial charge in [-0.2, -0.15) is 0 Å². The second kappa shape index (κ2) is 48.7. The lowest BCUT2D eigenvalue weighted by Gasteiger charge is -2.40. The highest BCUT2D eigenvalue weighted by Crippen LogP contribution is 2.23. The second-order valence-electron chi connectivity index (χ2n) is 19.0. The number of ether oxygens (including phenoxy) is 2. The zero-order chi connectivity index (χ0) is 50.1. The molecule has 0 aromatic rings. The summed E-state index contributed by atoms with van der Waals surface area (Å²) in [4.78, 5) is 13.0. The van der Waals surface area contributed by atoms with E-state index in [1.54, 1.807) is 0 Å². The standard InChI is InChI=1S/C60H103NO8/c1-3-5-7-9-11-13-15-17-18-19-20-21-22-23-24-25-26-27-28-29-30-31-32-33-34-35-36-38-40-42-44-46-48-50-56(64)61-53(52-68-60-59(67)58(66)57(65)55(51-62)69-60)54(63)49-47-45-43-41-39-37-16-14-12-10-8-6-4-2/h5,7,11,13,17-18,20-21,23-24,26-27,29-30,32-33,53-55,57-60,62-63,65-67H,3-4,6,8-10,12,14-16,19,22,25,28,31,34-52H2,1-2H3,(H,61,64)/b7-5-,13-11-,18-17-,21-20-,24-23-,27-26-,30-29-,33-32-. The quantitative estimate of drug-likeness (QED) is 0.0261. The fourth-order valence-electron chi connectivity index (χ4n) is 8.29. The van der Waals surface area contributed by atoms with Crippen molar-refractivity contribution in [3.8, 4) is 0 Å². The fraction of sp³-hybridized carbons (Fsp3) is 0.717. The van der Waals surface area contributed by atoms with E-state index in [0.29, 0.717) is 12.8 Å². The van der Waals surface area contributed by atoms with E-state index in [1.165, 1.54) is 89.9 Å². The fourth-order valence-corrected chi connectivity index (χ4v) is 8.29. The number of nitrogens with one attached hydrogen (secondary N) is 1. The minimum absolute atomic E-state index is 0.146. The van der Waals surface area contributed by atoms with Crippen molar-refractivity contribution in [2.45, 2.75) is 262 Å². The topological polar surface area (TPSA) is 149 Å². The molecule has 1 amide bonds. The number of unbranched alkanes of at least 4 members (excludes halogenated alkanes) is 20. The lowest BCUT2D eigenvalue weighted by molar-refractivity contribution is -0.302. The van der Waals surface area contributed by atoms with Crippen LogP contribution in [0.25, 0.3) is 0 Å². The number of hydrogen-bond donors (Lipinski definition) is 6. The molecule has 1 saturated heterocycles. The molecule has 0 bridgehead atoms. The molecule has 9 heteroatoms. The Kier molecular flexibility index (Phi) is 45.3. The molecule has 6 N–H and O–H groups in total. The average Bonchev–Trinajstić information content (AvgIpc) is 3.35. The van der Waals surface area contributed by atoms with Crippen LogP contribution in [0.4, 0.5) is 0 Å². The van der Waals surface area contributed by atoms with Crippen molar-refractivity contribution < 1.29 is 39.8 Å². The summed E-state index contributed by atoms with van der Waals surface area (Å²) >= 11 is 0. The summed E-state index contributed by atoms with van der Waals surface area (Å²) in [5, 5.41) is 54.5. The van der Waals surface area contributed by atoms with Gasteiger partial charge >= 0.3 is 0 Å². The van der Waals surface area contributed by atoms with Gasteiger partial charge in [-0.3, -0.25) is 4.79 Å². The molecular weight excluding hydrogens is 863 g/mol. The maximum atomic E-state index is 13.0. The number of rotatable bonds is 46. The summed E-state index contributed by atoms with van der Waals surface area (Å²) in [5.41, 5.74) is 0. The van der Waals surface area contributed by atoms with Gasteiger partial charge in [-0.25, -0.2) is 0 Å². The van der Waals surface area contributed by atoms with E-state index in [4.69, 9.17) is 9.47 Å². The molecule has 1 heterocycles. The Balaban J connectivity index is 2.19. The number of aliphatic hydroxyl groups excluding tert-OH is 5. The van der Waals surface area contributed by atoms with E-state index in [0.717, 1.165) is 103 Å². The van der Waals surface area contributed by atoms with Crippen LogP contribution >= 0.6 is 0 Å². The summed E-state index contributed by atoms with van der Waals surface area (Å²) in [6.45, 7) is 3.71. The second-order valence-corrected chi connectivity index (χ2v) is 19.0. The maximum Gasteiger partial charge on any atom is 0.220 e. The van der Waals surface area contributed by atoms with E-state index in [1.807, 2.05) is 0 Å². The molecule has 69 heavy (non-hydrogen) atoms. The molecule has 0 aliphatic carbocycles. The molecule has 0 aromatic heterocycles. The zero-order valence-corrected chi connectivity index (χ0v) is 43.8. The molecule has 1 fully saturated rings. The molecule has 7 unspecified atom stereocenters. The Hall–Kier alpha value is -2.89.